The van der Waals surface area contributed by atoms with Crippen molar-refractivity contribution in [1.29, 1.82) is 0 Å². The average molecular weight is 449 g/mol. The molecule has 0 saturated carbocycles. The first-order chi connectivity index (χ1) is 13.9. The van der Waals surface area contributed by atoms with Crippen molar-refractivity contribution in [2.45, 2.75) is 4.90 Å². The van der Waals surface area contributed by atoms with Crippen LogP contribution < -0.4 is 10.6 Å². The molecule has 0 fully saturated rings. The predicted octanol–water partition coefficient (Wildman–Crippen LogP) is 6.12. The van der Waals surface area contributed by atoms with Crippen LogP contribution in [0.5, 0.6) is 0 Å². The molecule has 4 nitrogen and oxygen atoms in total. The largest absolute Gasteiger partial charge is 0.325 e. The van der Waals surface area contributed by atoms with Crippen molar-refractivity contribution >= 4 is 58.2 Å². The van der Waals surface area contributed by atoms with Gasteiger partial charge in [-0.3, -0.25) is 9.59 Å². The molecule has 0 aliphatic heterocycles. The fourth-order valence-electron chi connectivity index (χ4n) is 2.39. The summed E-state index contributed by atoms with van der Waals surface area (Å²) in [6.45, 7) is 0. The molecule has 3 rings (SSSR count). The molecule has 0 radical (unpaired) electrons. The minimum absolute atomic E-state index is 0.0501. The zero-order chi connectivity index (χ0) is 20.8. The molecule has 3 aromatic rings. The van der Waals surface area contributed by atoms with Gasteiger partial charge >= 0.3 is 0 Å². The summed E-state index contributed by atoms with van der Waals surface area (Å²) >= 11 is 12.9. The lowest BCUT2D eigenvalue weighted by molar-refractivity contribution is -0.113. The molecular weight excluding hydrogens is 434 g/mol. The van der Waals surface area contributed by atoms with Gasteiger partial charge in [-0.2, -0.15) is 0 Å². The summed E-state index contributed by atoms with van der Waals surface area (Å²) in [6, 6.07) is 17.8. The van der Waals surface area contributed by atoms with E-state index in [4.69, 9.17) is 23.2 Å². The number of benzene rings is 3. The molecular formula is C21H15Cl2FN2O2S. The Kier molecular flexibility index (Phi) is 7.14. The second-order valence-electron chi connectivity index (χ2n) is 5.95. The zero-order valence-corrected chi connectivity index (χ0v) is 17.2. The molecule has 0 atom stereocenters. The number of anilines is 2. The van der Waals surface area contributed by atoms with Crippen LogP contribution in [-0.4, -0.2) is 17.6 Å². The smallest absolute Gasteiger partial charge is 0.255 e. The monoisotopic (exact) mass is 448 g/mol. The number of halogens is 3. The minimum atomic E-state index is -0.540. The zero-order valence-electron chi connectivity index (χ0n) is 14.9. The Labute approximate surface area is 181 Å². The van der Waals surface area contributed by atoms with E-state index in [9.17, 15) is 14.0 Å². The van der Waals surface area contributed by atoms with Crippen LogP contribution in [0.25, 0.3) is 0 Å². The van der Waals surface area contributed by atoms with E-state index in [2.05, 4.69) is 10.6 Å². The number of nitrogens with one attached hydrogen (secondary N) is 2. The van der Waals surface area contributed by atoms with Crippen molar-refractivity contribution in [3.63, 3.8) is 0 Å². The average Bonchev–Trinajstić information content (AvgIpc) is 2.70. The fraction of sp³-hybridized carbons (Fsp3) is 0.0476. The third-order valence-corrected chi connectivity index (χ3v) is 5.31. The normalized spacial score (nSPS) is 10.4. The number of rotatable bonds is 6. The first-order valence-electron chi connectivity index (χ1n) is 8.45. The van der Waals surface area contributed by atoms with Crippen molar-refractivity contribution < 1.29 is 14.0 Å². The van der Waals surface area contributed by atoms with Gasteiger partial charge in [0.1, 0.15) is 5.82 Å². The van der Waals surface area contributed by atoms with Crippen LogP contribution in [-0.2, 0) is 4.79 Å². The summed E-state index contributed by atoms with van der Waals surface area (Å²) in [4.78, 5) is 25.1. The highest BCUT2D eigenvalue weighted by molar-refractivity contribution is 8.00. The molecule has 8 heteroatoms. The number of hydrogen-bond acceptors (Lipinski definition) is 3. The Morgan fingerprint density at radius 1 is 0.897 bits per heavy atom. The van der Waals surface area contributed by atoms with Crippen molar-refractivity contribution in [2.24, 2.45) is 0 Å². The van der Waals surface area contributed by atoms with Crippen molar-refractivity contribution in [1.82, 2.24) is 0 Å². The molecule has 0 saturated heterocycles. The first-order valence-corrected chi connectivity index (χ1v) is 10.2. The summed E-state index contributed by atoms with van der Waals surface area (Å²) in [5, 5.41) is 5.89. The summed E-state index contributed by atoms with van der Waals surface area (Å²) in [7, 11) is 0. The SMILES string of the molecule is O=C(CSc1ccc(NC(=O)c2cccc(Cl)c2)cc1)Nc1ccc(F)c(Cl)c1. The first kappa shape index (κ1) is 21.2. The van der Waals surface area contributed by atoms with Gasteiger partial charge in [-0.1, -0.05) is 29.3 Å². The van der Waals surface area contributed by atoms with Gasteiger partial charge < -0.3 is 10.6 Å². The summed E-state index contributed by atoms with van der Waals surface area (Å²) in [5.41, 5.74) is 1.53. The van der Waals surface area contributed by atoms with Crippen LogP contribution in [0.2, 0.25) is 10.0 Å². The van der Waals surface area contributed by atoms with Crippen molar-refractivity contribution in [2.75, 3.05) is 16.4 Å². The maximum absolute atomic E-state index is 13.2. The van der Waals surface area contributed by atoms with E-state index in [0.717, 1.165) is 4.90 Å². The van der Waals surface area contributed by atoms with Crippen molar-refractivity contribution in [3.8, 4) is 0 Å². The molecule has 2 N–H and O–H groups in total. The molecule has 0 bridgehead atoms. The number of thioether (sulfide) groups is 1. The summed E-state index contributed by atoms with van der Waals surface area (Å²) in [6.07, 6.45) is 0. The number of carbonyl (C=O) groups is 2. The van der Waals surface area contributed by atoms with E-state index >= 15 is 0 Å². The topological polar surface area (TPSA) is 58.2 Å². The molecule has 3 aromatic carbocycles. The lowest BCUT2D eigenvalue weighted by Crippen LogP contribution is -2.14. The lowest BCUT2D eigenvalue weighted by atomic mass is 10.2. The maximum atomic E-state index is 13.2. The van der Waals surface area contributed by atoms with E-state index in [1.54, 1.807) is 48.5 Å². The molecule has 0 unspecified atom stereocenters. The fourth-order valence-corrected chi connectivity index (χ4v) is 3.46. The Morgan fingerprint density at radius 3 is 2.31 bits per heavy atom. The maximum Gasteiger partial charge on any atom is 0.255 e. The summed E-state index contributed by atoms with van der Waals surface area (Å²) in [5.74, 6) is -0.869. The van der Waals surface area contributed by atoms with Crippen LogP contribution >= 0.6 is 35.0 Å². The van der Waals surface area contributed by atoms with E-state index in [0.29, 0.717) is 22.0 Å². The number of hydrogen-bond donors (Lipinski definition) is 2. The third kappa shape index (κ3) is 6.22. The Hall–Kier alpha value is -2.54. The van der Waals surface area contributed by atoms with Crippen LogP contribution in [0.15, 0.2) is 71.6 Å². The van der Waals surface area contributed by atoms with E-state index in [1.807, 2.05) is 0 Å². The minimum Gasteiger partial charge on any atom is -0.325 e. The highest BCUT2D eigenvalue weighted by atomic mass is 35.5. The van der Waals surface area contributed by atoms with Gasteiger partial charge in [0.15, 0.2) is 0 Å². The second-order valence-corrected chi connectivity index (χ2v) is 7.85. The van der Waals surface area contributed by atoms with E-state index in [-0.39, 0.29) is 22.6 Å². The lowest BCUT2D eigenvalue weighted by Gasteiger charge is -2.08. The third-order valence-electron chi connectivity index (χ3n) is 3.77. The van der Waals surface area contributed by atoms with Gasteiger partial charge in [-0.25, -0.2) is 4.39 Å². The van der Waals surface area contributed by atoms with Crippen LogP contribution in [0.3, 0.4) is 0 Å². The quantitative estimate of drug-likeness (QED) is 0.446. The Morgan fingerprint density at radius 2 is 1.62 bits per heavy atom. The predicted molar refractivity (Wildman–Crippen MR) is 117 cm³/mol. The number of amides is 2. The molecule has 0 aliphatic rings. The molecule has 0 heterocycles. The van der Waals surface area contributed by atoms with Gasteiger partial charge in [0.25, 0.3) is 5.91 Å². The second kappa shape index (κ2) is 9.78. The number of carbonyl (C=O) groups excluding carboxylic acids is 2. The molecule has 148 valence electrons. The molecule has 2 amide bonds. The Balaban J connectivity index is 1.51. The summed E-state index contributed by atoms with van der Waals surface area (Å²) < 4.78 is 13.2. The molecule has 29 heavy (non-hydrogen) atoms. The van der Waals surface area contributed by atoms with E-state index < -0.39 is 5.82 Å². The van der Waals surface area contributed by atoms with Gasteiger partial charge in [0, 0.05) is 26.9 Å². The van der Waals surface area contributed by atoms with Gasteiger partial charge in [-0.05, 0) is 60.7 Å². The van der Waals surface area contributed by atoms with Gasteiger partial charge in [0.2, 0.25) is 5.91 Å². The molecule has 0 spiro atoms. The molecule has 0 aromatic heterocycles. The van der Waals surface area contributed by atoms with Crippen LogP contribution in [0.4, 0.5) is 15.8 Å². The Bertz CT molecular complexity index is 1050. The highest BCUT2D eigenvalue weighted by Crippen LogP contribution is 2.23. The van der Waals surface area contributed by atoms with Crippen molar-refractivity contribution in [3.05, 3.63) is 88.2 Å². The van der Waals surface area contributed by atoms with E-state index in [1.165, 1.54) is 30.0 Å². The highest BCUT2D eigenvalue weighted by Gasteiger charge is 2.08. The standard InChI is InChI=1S/C21H15Cl2FN2O2S/c22-14-3-1-2-13(10-14)21(28)26-15-4-7-17(8-5-15)29-12-20(27)25-16-6-9-19(24)18(23)11-16/h1-11H,12H2,(H,25,27)(H,26,28). The van der Waals surface area contributed by atoms with Crippen LogP contribution in [0, 0.1) is 5.82 Å². The molecule has 0 aliphatic carbocycles. The van der Waals surface area contributed by atoms with Gasteiger partial charge in [0.05, 0.1) is 10.8 Å². The van der Waals surface area contributed by atoms with Gasteiger partial charge in [-0.15, -0.1) is 11.8 Å². The van der Waals surface area contributed by atoms with Crippen LogP contribution in [0.1, 0.15) is 10.4 Å².